The van der Waals surface area contributed by atoms with E-state index < -0.39 is 0 Å². The van der Waals surface area contributed by atoms with Crippen LogP contribution in [0.2, 0.25) is 0 Å². The molecule has 0 N–H and O–H groups in total. The van der Waals surface area contributed by atoms with Gasteiger partial charge in [0.05, 0.1) is 0 Å². The molecule has 21 heavy (non-hydrogen) atoms. The molecule has 1 aromatic carbocycles. The van der Waals surface area contributed by atoms with Crippen molar-refractivity contribution in [3.05, 3.63) is 35.9 Å². The highest BCUT2D eigenvalue weighted by molar-refractivity contribution is 9.09. The number of alkyl halides is 1. The van der Waals surface area contributed by atoms with Crippen molar-refractivity contribution in [3.63, 3.8) is 0 Å². The molecule has 0 unspecified atom stereocenters. The topological polar surface area (TPSA) is 3.24 Å². The first-order valence-corrected chi connectivity index (χ1v) is 9.61. The van der Waals surface area contributed by atoms with Gasteiger partial charge in [-0.2, -0.15) is 0 Å². The van der Waals surface area contributed by atoms with Crippen LogP contribution >= 0.6 is 15.9 Å². The first-order chi connectivity index (χ1) is 10.2. The molecule has 1 aromatic rings. The van der Waals surface area contributed by atoms with Crippen LogP contribution in [0.25, 0.3) is 0 Å². The minimum absolute atomic E-state index is 0.482. The predicted molar refractivity (Wildman–Crippen MR) is 95.9 cm³/mol. The second kappa shape index (κ2) is 8.33. The number of hydrogen-bond donors (Lipinski definition) is 0. The Morgan fingerprint density at radius 3 is 2.19 bits per heavy atom. The fraction of sp³-hybridized carbons (Fsp3) is 0.684. The summed E-state index contributed by atoms with van der Waals surface area (Å²) in [6, 6.07) is 11.5. The summed E-state index contributed by atoms with van der Waals surface area (Å²) in [5.41, 5.74) is 1.92. The number of halogens is 1. The van der Waals surface area contributed by atoms with Crippen LogP contribution in [0.3, 0.4) is 0 Å². The number of nitrogens with zero attached hydrogens (tertiary/aromatic N) is 1. The van der Waals surface area contributed by atoms with E-state index in [2.05, 4.69) is 65.0 Å². The van der Waals surface area contributed by atoms with Crippen LogP contribution in [0, 0.1) is 5.41 Å². The third-order valence-electron chi connectivity index (χ3n) is 4.94. The van der Waals surface area contributed by atoms with Crippen molar-refractivity contribution in [1.82, 2.24) is 4.90 Å². The molecule has 2 heteroatoms. The average molecular weight is 352 g/mol. The molecule has 0 saturated heterocycles. The summed E-state index contributed by atoms with van der Waals surface area (Å²) >= 11 is 3.84. The van der Waals surface area contributed by atoms with E-state index >= 15 is 0 Å². The first-order valence-electron chi connectivity index (χ1n) is 8.49. The lowest BCUT2D eigenvalue weighted by Crippen LogP contribution is -2.42. The zero-order valence-corrected chi connectivity index (χ0v) is 15.2. The third kappa shape index (κ3) is 5.10. The smallest absolute Gasteiger partial charge is 0.0236 e. The van der Waals surface area contributed by atoms with Crippen molar-refractivity contribution in [2.24, 2.45) is 5.41 Å². The van der Waals surface area contributed by atoms with E-state index in [1.807, 2.05) is 0 Å². The number of benzene rings is 1. The highest BCUT2D eigenvalue weighted by Gasteiger charge is 2.32. The fourth-order valence-electron chi connectivity index (χ4n) is 3.48. The van der Waals surface area contributed by atoms with Gasteiger partial charge in [-0.15, -0.1) is 0 Å². The van der Waals surface area contributed by atoms with Crippen LogP contribution in [0.4, 0.5) is 0 Å². The normalized spacial score (nSPS) is 18.9. The molecule has 0 atom stereocenters. The molecule has 1 nitrogen and oxygen atoms in total. The summed E-state index contributed by atoms with van der Waals surface area (Å²) in [6.07, 6.45) is 8.43. The second-order valence-electron chi connectivity index (χ2n) is 7.03. The van der Waals surface area contributed by atoms with Gasteiger partial charge in [-0.25, -0.2) is 0 Å². The highest BCUT2D eigenvalue weighted by Crippen LogP contribution is 2.38. The van der Waals surface area contributed by atoms with Crippen molar-refractivity contribution in [1.29, 1.82) is 0 Å². The molecule has 1 saturated carbocycles. The number of rotatable bonds is 6. The molecule has 0 aromatic heterocycles. The Hall–Kier alpha value is -0.340. The Kier molecular flexibility index (Phi) is 6.75. The van der Waals surface area contributed by atoms with E-state index in [-0.39, 0.29) is 0 Å². The lowest BCUT2D eigenvalue weighted by Gasteiger charge is -2.39. The lowest BCUT2D eigenvalue weighted by molar-refractivity contribution is 0.117. The van der Waals surface area contributed by atoms with Crippen LogP contribution < -0.4 is 0 Å². The maximum Gasteiger partial charge on any atom is 0.0236 e. The molecule has 1 fully saturated rings. The standard InChI is InChI=1S/C19H30BrN/c1-17(2)21(14-18-10-6-5-7-11-18)16-19(15-20)12-8-3-4-9-13-19/h5-7,10-11,17H,3-4,8-9,12-16H2,1-2H3. The van der Waals surface area contributed by atoms with Crippen LogP contribution in [0.15, 0.2) is 30.3 Å². The highest BCUT2D eigenvalue weighted by atomic mass is 79.9. The van der Waals surface area contributed by atoms with Crippen molar-refractivity contribution in [2.45, 2.75) is 65.0 Å². The molecule has 0 amide bonds. The Morgan fingerprint density at radius 2 is 1.67 bits per heavy atom. The maximum atomic E-state index is 3.84. The minimum Gasteiger partial charge on any atom is -0.296 e. The Bertz CT molecular complexity index is 393. The van der Waals surface area contributed by atoms with Gasteiger partial charge in [-0.1, -0.05) is 71.9 Å². The quantitative estimate of drug-likeness (QED) is 0.474. The lowest BCUT2D eigenvalue weighted by atomic mass is 9.81. The second-order valence-corrected chi connectivity index (χ2v) is 7.59. The molecule has 0 aliphatic heterocycles. The van der Waals surface area contributed by atoms with Crippen molar-refractivity contribution < 1.29 is 0 Å². The third-order valence-corrected chi connectivity index (χ3v) is 6.13. The number of hydrogen-bond acceptors (Lipinski definition) is 1. The van der Waals surface area contributed by atoms with E-state index in [0.29, 0.717) is 11.5 Å². The molecule has 0 spiro atoms. The summed E-state index contributed by atoms with van der Waals surface area (Å²) in [4.78, 5) is 2.67. The van der Waals surface area contributed by atoms with Crippen LogP contribution in [-0.4, -0.2) is 22.8 Å². The zero-order chi connectivity index (χ0) is 15.1. The van der Waals surface area contributed by atoms with Gasteiger partial charge < -0.3 is 0 Å². The van der Waals surface area contributed by atoms with Crippen molar-refractivity contribution in [3.8, 4) is 0 Å². The summed E-state index contributed by atoms with van der Waals surface area (Å²) in [5.74, 6) is 0. The summed E-state index contributed by atoms with van der Waals surface area (Å²) in [5, 5.41) is 1.15. The van der Waals surface area contributed by atoms with Gasteiger partial charge in [0.15, 0.2) is 0 Å². The summed E-state index contributed by atoms with van der Waals surface area (Å²) in [6.45, 7) is 6.97. The fourth-order valence-corrected chi connectivity index (χ4v) is 4.22. The monoisotopic (exact) mass is 351 g/mol. The van der Waals surface area contributed by atoms with Crippen LogP contribution in [0.5, 0.6) is 0 Å². The maximum absolute atomic E-state index is 3.84. The first kappa shape index (κ1) is 17.0. The molecule has 2 rings (SSSR count). The zero-order valence-electron chi connectivity index (χ0n) is 13.7. The molecule has 0 heterocycles. The molecular formula is C19H30BrN. The predicted octanol–water partition coefficient (Wildman–Crippen LogP) is 5.63. The van der Waals surface area contributed by atoms with Gasteiger partial charge >= 0.3 is 0 Å². The van der Waals surface area contributed by atoms with E-state index in [9.17, 15) is 0 Å². The molecular weight excluding hydrogens is 322 g/mol. The van der Waals surface area contributed by atoms with Gasteiger partial charge in [0.1, 0.15) is 0 Å². The largest absolute Gasteiger partial charge is 0.296 e. The van der Waals surface area contributed by atoms with Gasteiger partial charge in [-0.3, -0.25) is 4.90 Å². The Labute approximate surface area is 139 Å². The van der Waals surface area contributed by atoms with E-state index in [1.165, 1.54) is 50.6 Å². The molecule has 118 valence electrons. The van der Waals surface area contributed by atoms with Gasteiger partial charge in [-0.05, 0) is 37.7 Å². The van der Waals surface area contributed by atoms with Gasteiger partial charge in [0.2, 0.25) is 0 Å². The molecule has 0 bridgehead atoms. The average Bonchev–Trinajstić information content (AvgIpc) is 2.74. The van der Waals surface area contributed by atoms with E-state index in [4.69, 9.17) is 0 Å². The SMILES string of the molecule is CC(C)N(Cc1ccccc1)CC1(CBr)CCCCCC1. The minimum atomic E-state index is 0.482. The summed E-state index contributed by atoms with van der Waals surface area (Å²) < 4.78 is 0. The molecule has 0 radical (unpaired) electrons. The van der Waals surface area contributed by atoms with E-state index in [0.717, 1.165) is 11.9 Å². The Morgan fingerprint density at radius 1 is 1.05 bits per heavy atom. The molecule has 1 aliphatic rings. The van der Waals surface area contributed by atoms with Gasteiger partial charge in [0.25, 0.3) is 0 Å². The van der Waals surface area contributed by atoms with Crippen molar-refractivity contribution >= 4 is 15.9 Å². The molecule has 1 aliphatic carbocycles. The Balaban J connectivity index is 2.06. The van der Waals surface area contributed by atoms with Gasteiger partial charge in [0, 0.05) is 24.5 Å². The van der Waals surface area contributed by atoms with Crippen LogP contribution in [0.1, 0.15) is 57.9 Å². The van der Waals surface area contributed by atoms with Crippen LogP contribution in [-0.2, 0) is 6.54 Å². The van der Waals surface area contributed by atoms with Crippen molar-refractivity contribution in [2.75, 3.05) is 11.9 Å². The summed E-state index contributed by atoms with van der Waals surface area (Å²) in [7, 11) is 0. The van der Waals surface area contributed by atoms with E-state index in [1.54, 1.807) is 0 Å².